The molecule has 178 valence electrons. The molecule has 3 atom stereocenters. The molecule has 3 heterocycles. The summed E-state index contributed by atoms with van der Waals surface area (Å²) in [7, 11) is 1.75. The smallest absolute Gasteiger partial charge is 0.410 e. The van der Waals surface area contributed by atoms with Gasteiger partial charge in [0.2, 0.25) is 0 Å². The Hall–Kier alpha value is -3.17. The van der Waals surface area contributed by atoms with Crippen molar-refractivity contribution >= 4 is 12.1 Å². The van der Waals surface area contributed by atoms with E-state index in [1.165, 1.54) is 0 Å². The van der Waals surface area contributed by atoms with Crippen LogP contribution in [0, 0.1) is 18.8 Å². The van der Waals surface area contributed by atoms with E-state index in [4.69, 9.17) is 9.47 Å². The number of ether oxygens (including phenoxy) is 2. The Morgan fingerprint density at radius 1 is 1.24 bits per heavy atom. The minimum atomic E-state index is -0.761. The molecule has 2 aliphatic rings. The number of likely N-dealkylation sites (tertiary alicyclic amines) is 1. The second-order valence-corrected chi connectivity index (χ2v) is 9.12. The van der Waals surface area contributed by atoms with Crippen molar-refractivity contribution in [1.29, 1.82) is 0 Å². The van der Waals surface area contributed by atoms with Gasteiger partial charge in [-0.2, -0.15) is 0 Å². The minimum Gasteiger partial charge on any atom is -0.489 e. The highest BCUT2D eigenvalue weighted by molar-refractivity contribution is 5.70. The van der Waals surface area contributed by atoms with Crippen molar-refractivity contribution in [3.63, 3.8) is 0 Å². The second-order valence-electron chi connectivity index (χ2n) is 9.12. The number of carbonyl (C=O) groups excluding carboxylic acids is 1. The Morgan fingerprint density at radius 2 is 2.06 bits per heavy atom. The maximum atomic E-state index is 12.4. The molecule has 2 aromatic rings. The number of hydrogen-bond acceptors (Lipinski definition) is 7. The van der Waals surface area contributed by atoms with Crippen LogP contribution in [-0.2, 0) is 23.2 Å². The van der Waals surface area contributed by atoms with Crippen LogP contribution < -0.4 is 4.74 Å². The van der Waals surface area contributed by atoms with Crippen LogP contribution in [-0.4, -0.2) is 61.2 Å². The highest BCUT2D eigenvalue weighted by atomic mass is 16.6. The van der Waals surface area contributed by atoms with Crippen molar-refractivity contribution in [3.05, 3.63) is 23.5 Å². The van der Waals surface area contributed by atoms with Gasteiger partial charge in [-0.15, -0.1) is 5.10 Å². The zero-order chi connectivity index (χ0) is 23.5. The van der Waals surface area contributed by atoms with Gasteiger partial charge in [0.25, 0.3) is 0 Å². The molecular formula is C23H31N5O5. The molecule has 4 rings (SSSR count). The SMILES string of the molecule is Cc1nc(-c2nnn(C)c2COC(=O)N2CCC(C)C2)ccc1O[C@H]1CCC[C@H](C(=O)O)C1. The molecule has 1 aliphatic carbocycles. The molecule has 10 nitrogen and oxygen atoms in total. The molecule has 1 aliphatic heterocycles. The first kappa shape index (κ1) is 23.0. The molecule has 2 fully saturated rings. The fraction of sp³-hybridized carbons (Fsp3) is 0.609. The number of hydrogen-bond donors (Lipinski definition) is 1. The first-order valence-electron chi connectivity index (χ1n) is 11.5. The quantitative estimate of drug-likeness (QED) is 0.702. The van der Waals surface area contributed by atoms with Crippen LogP contribution in [0.4, 0.5) is 4.79 Å². The molecule has 0 aromatic carbocycles. The fourth-order valence-corrected chi connectivity index (χ4v) is 4.52. The molecule has 0 bridgehead atoms. The number of nitrogens with zero attached hydrogens (tertiary/aromatic N) is 5. The standard InChI is InChI=1S/C23H31N5O5/c1-14-9-10-28(12-14)23(31)32-13-19-21(25-26-27(19)3)18-7-8-20(15(2)24-18)33-17-6-4-5-16(11-17)22(29)30/h7-8,14,16-17H,4-6,9-13H2,1-3H3,(H,29,30)/t14?,16-,17-/m0/s1. The lowest BCUT2D eigenvalue weighted by atomic mass is 9.87. The number of amides is 1. The van der Waals surface area contributed by atoms with Crippen LogP contribution in [0.15, 0.2) is 12.1 Å². The highest BCUT2D eigenvalue weighted by Crippen LogP contribution is 2.30. The van der Waals surface area contributed by atoms with Crippen molar-refractivity contribution in [2.24, 2.45) is 18.9 Å². The zero-order valence-electron chi connectivity index (χ0n) is 19.4. The molecule has 33 heavy (non-hydrogen) atoms. The first-order chi connectivity index (χ1) is 15.8. The summed E-state index contributed by atoms with van der Waals surface area (Å²) in [5.41, 5.74) is 2.51. The van der Waals surface area contributed by atoms with E-state index in [0.29, 0.717) is 60.4 Å². The van der Waals surface area contributed by atoms with Gasteiger partial charge in [-0.25, -0.2) is 14.5 Å². The number of aromatic nitrogens is 4. The van der Waals surface area contributed by atoms with Crippen molar-refractivity contribution in [2.45, 2.75) is 58.7 Å². The van der Waals surface area contributed by atoms with Gasteiger partial charge >= 0.3 is 12.1 Å². The lowest BCUT2D eigenvalue weighted by Crippen LogP contribution is -2.29. The normalized spacial score (nSPS) is 22.9. The van der Waals surface area contributed by atoms with E-state index in [2.05, 4.69) is 22.2 Å². The third kappa shape index (κ3) is 5.26. The van der Waals surface area contributed by atoms with E-state index in [0.717, 1.165) is 19.3 Å². The highest BCUT2D eigenvalue weighted by Gasteiger charge is 2.29. The summed E-state index contributed by atoms with van der Waals surface area (Å²) in [4.78, 5) is 30.1. The van der Waals surface area contributed by atoms with E-state index in [1.807, 2.05) is 13.0 Å². The molecule has 1 saturated carbocycles. The molecule has 1 amide bonds. The largest absolute Gasteiger partial charge is 0.489 e. The first-order valence-corrected chi connectivity index (χ1v) is 11.5. The molecule has 0 spiro atoms. The van der Waals surface area contributed by atoms with E-state index in [9.17, 15) is 14.7 Å². The predicted octanol–water partition coefficient (Wildman–Crippen LogP) is 3.19. The lowest BCUT2D eigenvalue weighted by molar-refractivity contribution is -0.143. The van der Waals surface area contributed by atoms with Crippen LogP contribution in [0.5, 0.6) is 5.75 Å². The number of carbonyl (C=O) groups is 2. The molecule has 10 heteroatoms. The Morgan fingerprint density at radius 3 is 2.76 bits per heavy atom. The maximum absolute atomic E-state index is 12.4. The van der Waals surface area contributed by atoms with Crippen molar-refractivity contribution in [1.82, 2.24) is 24.9 Å². The van der Waals surface area contributed by atoms with Crippen LogP contribution in [0.25, 0.3) is 11.4 Å². The number of rotatable bonds is 6. The third-order valence-corrected chi connectivity index (χ3v) is 6.51. The third-order valence-electron chi connectivity index (χ3n) is 6.51. The topological polar surface area (TPSA) is 120 Å². The minimum absolute atomic E-state index is 0.0557. The van der Waals surface area contributed by atoms with Crippen LogP contribution in [0.3, 0.4) is 0 Å². The van der Waals surface area contributed by atoms with E-state index in [1.54, 1.807) is 22.7 Å². The van der Waals surface area contributed by atoms with Gasteiger partial charge in [0, 0.05) is 20.1 Å². The molecule has 2 aromatic heterocycles. The molecular weight excluding hydrogens is 426 g/mol. The van der Waals surface area contributed by atoms with Gasteiger partial charge < -0.3 is 19.5 Å². The van der Waals surface area contributed by atoms with Crippen molar-refractivity contribution in [2.75, 3.05) is 13.1 Å². The predicted molar refractivity (Wildman–Crippen MR) is 119 cm³/mol. The summed E-state index contributed by atoms with van der Waals surface area (Å²) in [6.45, 7) is 5.45. The van der Waals surface area contributed by atoms with Crippen molar-refractivity contribution < 1.29 is 24.2 Å². The van der Waals surface area contributed by atoms with Gasteiger partial charge in [-0.05, 0) is 57.1 Å². The maximum Gasteiger partial charge on any atom is 0.410 e. The van der Waals surface area contributed by atoms with Gasteiger partial charge in [-0.3, -0.25) is 4.79 Å². The van der Waals surface area contributed by atoms with Gasteiger partial charge in [-0.1, -0.05) is 12.1 Å². The summed E-state index contributed by atoms with van der Waals surface area (Å²) >= 11 is 0. The Labute approximate surface area is 192 Å². The van der Waals surface area contributed by atoms with Gasteiger partial charge in [0.1, 0.15) is 23.7 Å². The summed E-state index contributed by atoms with van der Waals surface area (Å²) in [5, 5.41) is 17.6. The molecule has 1 N–H and O–H groups in total. The summed E-state index contributed by atoms with van der Waals surface area (Å²) in [6, 6.07) is 3.63. The fourth-order valence-electron chi connectivity index (χ4n) is 4.52. The average Bonchev–Trinajstić information content (AvgIpc) is 3.39. The van der Waals surface area contributed by atoms with Crippen LogP contribution in [0.1, 0.15) is 50.4 Å². The Bertz CT molecular complexity index is 1020. The summed E-state index contributed by atoms with van der Waals surface area (Å²) < 4.78 is 13.2. The number of carboxylic acids is 1. The molecule has 1 unspecified atom stereocenters. The van der Waals surface area contributed by atoms with Crippen molar-refractivity contribution in [3.8, 4) is 17.1 Å². The number of pyridine rings is 1. The van der Waals surface area contributed by atoms with Gasteiger partial charge in [0.05, 0.1) is 23.4 Å². The zero-order valence-corrected chi connectivity index (χ0v) is 19.4. The Kier molecular flexibility index (Phi) is 6.80. The summed E-state index contributed by atoms with van der Waals surface area (Å²) in [5.74, 6) is 0.00589. The second kappa shape index (κ2) is 9.76. The molecule has 0 radical (unpaired) electrons. The number of aryl methyl sites for hydroxylation is 2. The van der Waals surface area contributed by atoms with Gasteiger partial charge in [0.15, 0.2) is 0 Å². The van der Waals surface area contributed by atoms with Crippen LogP contribution in [0.2, 0.25) is 0 Å². The molecule has 1 saturated heterocycles. The van der Waals surface area contributed by atoms with E-state index in [-0.39, 0.29) is 24.7 Å². The monoisotopic (exact) mass is 457 g/mol. The lowest BCUT2D eigenvalue weighted by Gasteiger charge is -2.27. The summed E-state index contributed by atoms with van der Waals surface area (Å²) in [6.07, 6.45) is 3.40. The van der Waals surface area contributed by atoms with E-state index >= 15 is 0 Å². The average molecular weight is 458 g/mol. The van der Waals surface area contributed by atoms with E-state index < -0.39 is 5.97 Å². The van der Waals surface area contributed by atoms with Crippen LogP contribution >= 0.6 is 0 Å². The number of carboxylic acid groups (broad SMARTS) is 1. The Balaban J connectivity index is 1.44. The number of aliphatic carboxylic acids is 1.